The van der Waals surface area contributed by atoms with Gasteiger partial charge in [-0.25, -0.2) is 4.79 Å². The van der Waals surface area contributed by atoms with Gasteiger partial charge in [0.2, 0.25) is 5.91 Å². The Balaban J connectivity index is 1.81. The fourth-order valence-electron chi connectivity index (χ4n) is 3.26. The number of aryl methyl sites for hydroxylation is 1. The van der Waals surface area contributed by atoms with Crippen molar-refractivity contribution in [3.05, 3.63) is 57.8 Å². The maximum Gasteiger partial charge on any atom is 0.334 e. The zero-order valence-electron chi connectivity index (χ0n) is 13.8. The van der Waals surface area contributed by atoms with E-state index in [1.54, 1.807) is 42.5 Å². The van der Waals surface area contributed by atoms with Gasteiger partial charge in [0.1, 0.15) is 0 Å². The van der Waals surface area contributed by atoms with E-state index in [9.17, 15) is 14.7 Å². The summed E-state index contributed by atoms with van der Waals surface area (Å²) < 4.78 is 0. The standard InChI is InChI=1S/C19H21NO3S/c1-3-19(18(22)23,13-7-5-4-6-8-13)20-17(21)15-11-14(15)16-12(2)9-10-24-16/h4-10,14-15H,3,11H2,1-2H3,(H,20,21)(H,22,23). The van der Waals surface area contributed by atoms with Crippen LogP contribution in [-0.2, 0) is 15.1 Å². The molecule has 0 spiro atoms. The summed E-state index contributed by atoms with van der Waals surface area (Å²) in [7, 11) is 0. The minimum absolute atomic E-state index is 0.128. The van der Waals surface area contributed by atoms with Crippen LogP contribution in [0.25, 0.3) is 0 Å². The number of benzene rings is 1. The molecule has 1 aromatic carbocycles. The molecule has 126 valence electrons. The summed E-state index contributed by atoms with van der Waals surface area (Å²) in [6.07, 6.45) is 1.09. The third-order valence-corrected chi connectivity index (χ3v) is 6.02. The number of carbonyl (C=O) groups is 2. The Morgan fingerprint density at radius 3 is 2.54 bits per heavy atom. The van der Waals surface area contributed by atoms with Crippen LogP contribution in [0.15, 0.2) is 41.8 Å². The summed E-state index contributed by atoms with van der Waals surface area (Å²) in [5, 5.41) is 14.7. The van der Waals surface area contributed by atoms with Crippen LogP contribution in [0.3, 0.4) is 0 Å². The van der Waals surface area contributed by atoms with Crippen LogP contribution in [0.2, 0.25) is 0 Å². The Hall–Kier alpha value is -2.14. The number of hydrogen-bond donors (Lipinski definition) is 2. The van der Waals surface area contributed by atoms with Gasteiger partial charge >= 0.3 is 5.97 Å². The number of carboxylic acids is 1. The zero-order chi connectivity index (χ0) is 17.3. The molecule has 3 rings (SSSR count). The van der Waals surface area contributed by atoms with E-state index in [4.69, 9.17) is 0 Å². The first-order valence-electron chi connectivity index (χ1n) is 8.14. The van der Waals surface area contributed by atoms with Crippen LogP contribution >= 0.6 is 11.3 Å². The quantitative estimate of drug-likeness (QED) is 0.841. The first-order valence-corrected chi connectivity index (χ1v) is 9.02. The molecule has 0 bridgehead atoms. The molecule has 1 aliphatic carbocycles. The second-order valence-electron chi connectivity index (χ2n) is 6.34. The highest BCUT2D eigenvalue weighted by atomic mass is 32.1. The lowest BCUT2D eigenvalue weighted by atomic mass is 9.87. The first kappa shape index (κ1) is 16.7. The monoisotopic (exact) mass is 343 g/mol. The van der Waals surface area contributed by atoms with Crippen molar-refractivity contribution in [2.24, 2.45) is 5.92 Å². The van der Waals surface area contributed by atoms with Crippen LogP contribution in [0.4, 0.5) is 0 Å². The normalized spacial score (nSPS) is 21.8. The number of carbonyl (C=O) groups excluding carboxylic acids is 1. The molecule has 0 radical (unpaired) electrons. The molecule has 4 nitrogen and oxygen atoms in total. The Morgan fingerprint density at radius 1 is 1.29 bits per heavy atom. The highest BCUT2D eigenvalue weighted by Gasteiger charge is 2.49. The average Bonchev–Trinajstić information content (AvgIpc) is 3.27. The molecule has 0 saturated heterocycles. The minimum atomic E-state index is -1.37. The van der Waals surface area contributed by atoms with Crippen molar-refractivity contribution in [3.8, 4) is 0 Å². The highest BCUT2D eigenvalue weighted by Crippen LogP contribution is 2.50. The van der Waals surface area contributed by atoms with Crippen LogP contribution < -0.4 is 5.32 Å². The smallest absolute Gasteiger partial charge is 0.334 e. The lowest BCUT2D eigenvalue weighted by molar-refractivity contribution is -0.148. The molecule has 1 aromatic heterocycles. The summed E-state index contributed by atoms with van der Waals surface area (Å²) in [4.78, 5) is 25.9. The van der Waals surface area contributed by atoms with Crippen LogP contribution in [0.5, 0.6) is 0 Å². The van der Waals surface area contributed by atoms with Gasteiger partial charge in [-0.1, -0.05) is 37.3 Å². The van der Waals surface area contributed by atoms with Gasteiger partial charge in [-0.3, -0.25) is 4.79 Å². The summed E-state index contributed by atoms with van der Waals surface area (Å²) >= 11 is 1.67. The fraction of sp³-hybridized carbons (Fsp3) is 0.368. The number of nitrogens with one attached hydrogen (secondary N) is 1. The van der Waals surface area contributed by atoms with Crippen molar-refractivity contribution in [1.29, 1.82) is 0 Å². The molecule has 0 aliphatic heterocycles. The van der Waals surface area contributed by atoms with Gasteiger partial charge in [-0.15, -0.1) is 11.3 Å². The van der Waals surface area contributed by atoms with Crippen LogP contribution in [0, 0.1) is 12.8 Å². The summed E-state index contributed by atoms with van der Waals surface area (Å²) in [5.74, 6) is -1.09. The molecule has 24 heavy (non-hydrogen) atoms. The molecule has 1 aliphatic rings. The molecule has 3 atom stereocenters. The number of rotatable bonds is 6. The van der Waals surface area contributed by atoms with Crippen molar-refractivity contribution in [1.82, 2.24) is 5.32 Å². The minimum Gasteiger partial charge on any atom is -0.479 e. The predicted octanol–water partition coefficient (Wildman–Crippen LogP) is 3.67. The Bertz CT molecular complexity index is 755. The van der Waals surface area contributed by atoms with Gasteiger partial charge in [-0.2, -0.15) is 0 Å². The van der Waals surface area contributed by atoms with Crippen molar-refractivity contribution in [2.45, 2.75) is 38.1 Å². The van der Waals surface area contributed by atoms with E-state index in [0.717, 1.165) is 6.42 Å². The third-order valence-electron chi connectivity index (χ3n) is 4.86. The van der Waals surface area contributed by atoms with E-state index >= 15 is 0 Å². The predicted molar refractivity (Wildman–Crippen MR) is 94.1 cm³/mol. The van der Waals surface area contributed by atoms with E-state index in [2.05, 4.69) is 18.3 Å². The van der Waals surface area contributed by atoms with E-state index in [1.165, 1.54) is 10.4 Å². The molecule has 1 heterocycles. The topological polar surface area (TPSA) is 66.4 Å². The number of thiophene rings is 1. The van der Waals surface area contributed by atoms with E-state index in [1.807, 2.05) is 11.4 Å². The highest BCUT2D eigenvalue weighted by molar-refractivity contribution is 7.10. The van der Waals surface area contributed by atoms with Crippen molar-refractivity contribution < 1.29 is 14.7 Å². The maximum atomic E-state index is 12.7. The van der Waals surface area contributed by atoms with Crippen molar-refractivity contribution in [3.63, 3.8) is 0 Å². The van der Waals surface area contributed by atoms with Crippen LogP contribution in [0.1, 0.15) is 41.7 Å². The Labute approximate surface area is 145 Å². The number of amides is 1. The van der Waals surface area contributed by atoms with E-state index in [-0.39, 0.29) is 17.7 Å². The van der Waals surface area contributed by atoms with Gasteiger partial charge in [0.15, 0.2) is 5.54 Å². The summed E-state index contributed by atoms with van der Waals surface area (Å²) in [5.41, 5.74) is 0.455. The molecule has 5 heteroatoms. The van der Waals surface area contributed by atoms with Gasteiger partial charge < -0.3 is 10.4 Å². The summed E-state index contributed by atoms with van der Waals surface area (Å²) in [6, 6.07) is 11.0. The molecule has 2 N–H and O–H groups in total. The second kappa shape index (κ2) is 6.40. The van der Waals surface area contributed by atoms with Crippen molar-refractivity contribution >= 4 is 23.2 Å². The number of carboxylic acid groups (broad SMARTS) is 1. The average molecular weight is 343 g/mol. The lowest BCUT2D eigenvalue weighted by Gasteiger charge is -2.30. The third kappa shape index (κ3) is 2.84. The van der Waals surface area contributed by atoms with Gasteiger partial charge in [-0.05, 0) is 42.3 Å². The van der Waals surface area contributed by atoms with Crippen molar-refractivity contribution in [2.75, 3.05) is 0 Å². The number of aliphatic carboxylic acids is 1. The molecular weight excluding hydrogens is 322 g/mol. The second-order valence-corrected chi connectivity index (χ2v) is 7.28. The number of hydrogen-bond acceptors (Lipinski definition) is 3. The van der Waals surface area contributed by atoms with E-state index < -0.39 is 11.5 Å². The van der Waals surface area contributed by atoms with Gasteiger partial charge in [0, 0.05) is 16.7 Å². The molecule has 1 saturated carbocycles. The largest absolute Gasteiger partial charge is 0.479 e. The van der Waals surface area contributed by atoms with Gasteiger partial charge in [0.25, 0.3) is 0 Å². The molecule has 3 unspecified atom stereocenters. The maximum absolute atomic E-state index is 12.7. The molecule has 1 fully saturated rings. The Kier molecular flexibility index (Phi) is 4.45. The molecule has 1 amide bonds. The Morgan fingerprint density at radius 2 is 2.00 bits per heavy atom. The SMILES string of the molecule is CCC(NC(=O)C1CC1c1sccc1C)(C(=O)O)c1ccccc1. The van der Waals surface area contributed by atoms with Crippen LogP contribution in [-0.4, -0.2) is 17.0 Å². The van der Waals surface area contributed by atoms with E-state index in [0.29, 0.717) is 12.0 Å². The first-order chi connectivity index (χ1) is 11.5. The van der Waals surface area contributed by atoms with Gasteiger partial charge in [0.05, 0.1) is 0 Å². The lowest BCUT2D eigenvalue weighted by Crippen LogP contribution is -2.52. The molecular formula is C19H21NO3S. The zero-order valence-corrected chi connectivity index (χ0v) is 14.6. The molecule has 2 aromatic rings. The fourth-order valence-corrected chi connectivity index (χ4v) is 4.37. The summed E-state index contributed by atoms with van der Waals surface area (Å²) in [6.45, 7) is 3.84.